The van der Waals surface area contributed by atoms with Crippen LogP contribution in [0.15, 0.2) is 83.6 Å². The number of amides is 2. The first-order chi connectivity index (χ1) is 17.4. The predicted molar refractivity (Wildman–Crippen MR) is 135 cm³/mol. The lowest BCUT2D eigenvalue weighted by atomic mass is 10.1. The molecule has 0 radical (unpaired) electrons. The standard InChI is InChI=1S/C27H25N3O6/c1-34-23-14-11-19(16-24(23)35-2)15-22(29-25(31)20-7-5-4-6-8-20)26(32)30-28-17-18-9-12-21(13-10-18)27(33)36-3/h4-17H,1-3H3,(H,29,31)(H,30,32)/b22-15+,28-17+. The smallest absolute Gasteiger partial charge is 0.337 e. The second-order valence-corrected chi connectivity index (χ2v) is 7.31. The van der Waals surface area contributed by atoms with E-state index in [0.717, 1.165) is 0 Å². The van der Waals surface area contributed by atoms with Crippen molar-refractivity contribution >= 4 is 30.1 Å². The lowest BCUT2D eigenvalue weighted by Gasteiger charge is -2.11. The van der Waals surface area contributed by atoms with Crippen LogP contribution in [0.4, 0.5) is 0 Å². The molecular formula is C27H25N3O6. The second kappa shape index (κ2) is 12.5. The molecule has 0 saturated heterocycles. The van der Waals surface area contributed by atoms with E-state index in [1.807, 2.05) is 0 Å². The van der Waals surface area contributed by atoms with Gasteiger partial charge in [-0.25, -0.2) is 10.2 Å². The van der Waals surface area contributed by atoms with Crippen LogP contribution in [-0.2, 0) is 9.53 Å². The maximum atomic E-state index is 12.9. The fourth-order valence-electron chi connectivity index (χ4n) is 3.10. The van der Waals surface area contributed by atoms with Crippen LogP contribution in [0.2, 0.25) is 0 Å². The van der Waals surface area contributed by atoms with Crippen molar-refractivity contribution in [3.05, 3.63) is 101 Å². The van der Waals surface area contributed by atoms with Crippen LogP contribution < -0.4 is 20.2 Å². The highest BCUT2D eigenvalue weighted by Crippen LogP contribution is 2.28. The van der Waals surface area contributed by atoms with Gasteiger partial charge in [-0.3, -0.25) is 9.59 Å². The van der Waals surface area contributed by atoms with Gasteiger partial charge in [0.25, 0.3) is 11.8 Å². The zero-order valence-electron chi connectivity index (χ0n) is 20.0. The second-order valence-electron chi connectivity index (χ2n) is 7.31. The monoisotopic (exact) mass is 487 g/mol. The molecule has 0 aliphatic rings. The first-order valence-corrected chi connectivity index (χ1v) is 10.8. The molecule has 184 valence electrons. The predicted octanol–water partition coefficient (Wildman–Crippen LogP) is 3.41. The third-order valence-electron chi connectivity index (χ3n) is 4.96. The maximum Gasteiger partial charge on any atom is 0.337 e. The van der Waals surface area contributed by atoms with Gasteiger partial charge in [-0.05, 0) is 53.6 Å². The molecule has 0 atom stereocenters. The minimum Gasteiger partial charge on any atom is -0.493 e. The molecule has 0 spiro atoms. The van der Waals surface area contributed by atoms with Crippen LogP contribution >= 0.6 is 0 Å². The van der Waals surface area contributed by atoms with Crippen LogP contribution in [0, 0.1) is 0 Å². The summed E-state index contributed by atoms with van der Waals surface area (Å²) < 4.78 is 15.2. The first-order valence-electron chi connectivity index (χ1n) is 10.8. The van der Waals surface area contributed by atoms with E-state index in [9.17, 15) is 14.4 Å². The zero-order chi connectivity index (χ0) is 25.9. The molecule has 0 aliphatic heterocycles. The number of ether oxygens (including phenoxy) is 3. The minimum atomic E-state index is -0.642. The molecule has 2 amide bonds. The Hall–Kier alpha value is -4.92. The Kier molecular flexibility index (Phi) is 8.94. The van der Waals surface area contributed by atoms with Crippen LogP contribution in [-0.4, -0.2) is 45.3 Å². The van der Waals surface area contributed by atoms with Crippen molar-refractivity contribution in [1.29, 1.82) is 0 Å². The van der Waals surface area contributed by atoms with Gasteiger partial charge in [0.05, 0.1) is 33.1 Å². The molecule has 2 N–H and O–H groups in total. The summed E-state index contributed by atoms with van der Waals surface area (Å²) >= 11 is 0. The van der Waals surface area contributed by atoms with Gasteiger partial charge in [0.2, 0.25) is 0 Å². The quantitative estimate of drug-likeness (QED) is 0.207. The number of hydrazone groups is 1. The Labute approximate surface area is 208 Å². The lowest BCUT2D eigenvalue weighted by molar-refractivity contribution is -0.117. The van der Waals surface area contributed by atoms with Crippen molar-refractivity contribution in [3.63, 3.8) is 0 Å². The van der Waals surface area contributed by atoms with Gasteiger partial charge in [0, 0.05) is 5.56 Å². The van der Waals surface area contributed by atoms with Gasteiger partial charge in [0.15, 0.2) is 11.5 Å². The topological polar surface area (TPSA) is 115 Å². The van der Waals surface area contributed by atoms with Crippen LogP contribution in [0.25, 0.3) is 6.08 Å². The molecule has 0 saturated carbocycles. The van der Waals surface area contributed by atoms with Crippen molar-refractivity contribution in [3.8, 4) is 11.5 Å². The molecule has 0 heterocycles. The number of carbonyl (C=O) groups is 3. The maximum absolute atomic E-state index is 12.9. The van der Waals surface area contributed by atoms with Crippen LogP contribution in [0.3, 0.4) is 0 Å². The Morgan fingerprint density at radius 2 is 1.44 bits per heavy atom. The molecule has 3 aromatic carbocycles. The normalized spacial score (nSPS) is 11.0. The van der Waals surface area contributed by atoms with Crippen molar-refractivity contribution in [1.82, 2.24) is 10.7 Å². The molecular weight excluding hydrogens is 462 g/mol. The highest BCUT2D eigenvalue weighted by Gasteiger charge is 2.15. The highest BCUT2D eigenvalue weighted by atomic mass is 16.5. The van der Waals surface area contributed by atoms with Crippen molar-refractivity contribution in [2.24, 2.45) is 5.10 Å². The Morgan fingerprint density at radius 1 is 0.778 bits per heavy atom. The summed E-state index contributed by atoms with van der Waals surface area (Å²) in [6.07, 6.45) is 2.91. The molecule has 0 fully saturated rings. The number of nitrogens with one attached hydrogen (secondary N) is 2. The Bertz CT molecular complexity index is 1280. The summed E-state index contributed by atoms with van der Waals surface area (Å²) in [5.41, 5.74) is 4.38. The van der Waals surface area contributed by atoms with E-state index in [1.165, 1.54) is 33.6 Å². The fraction of sp³-hybridized carbons (Fsp3) is 0.111. The van der Waals surface area contributed by atoms with Crippen LogP contribution in [0.5, 0.6) is 11.5 Å². The molecule has 3 rings (SSSR count). The highest BCUT2D eigenvalue weighted by molar-refractivity contribution is 6.05. The lowest BCUT2D eigenvalue weighted by Crippen LogP contribution is -2.32. The van der Waals surface area contributed by atoms with Gasteiger partial charge in [-0.2, -0.15) is 5.10 Å². The van der Waals surface area contributed by atoms with Crippen LogP contribution in [0.1, 0.15) is 31.8 Å². The van der Waals surface area contributed by atoms with Gasteiger partial charge in [0.1, 0.15) is 5.70 Å². The molecule has 0 unspecified atom stereocenters. The van der Waals surface area contributed by atoms with E-state index >= 15 is 0 Å². The number of rotatable bonds is 9. The van der Waals surface area contributed by atoms with Crippen molar-refractivity contribution in [2.45, 2.75) is 0 Å². The largest absolute Gasteiger partial charge is 0.493 e. The molecule has 0 aromatic heterocycles. The van der Waals surface area contributed by atoms with E-state index < -0.39 is 17.8 Å². The minimum absolute atomic E-state index is 0.0331. The van der Waals surface area contributed by atoms with E-state index in [0.29, 0.717) is 33.8 Å². The fourth-order valence-corrected chi connectivity index (χ4v) is 3.10. The van der Waals surface area contributed by atoms with Crippen molar-refractivity contribution < 1.29 is 28.6 Å². The summed E-state index contributed by atoms with van der Waals surface area (Å²) in [6.45, 7) is 0. The molecule has 3 aromatic rings. The third kappa shape index (κ3) is 6.80. The van der Waals surface area contributed by atoms with Gasteiger partial charge in [-0.1, -0.05) is 36.4 Å². The van der Waals surface area contributed by atoms with Gasteiger partial charge >= 0.3 is 5.97 Å². The molecule has 36 heavy (non-hydrogen) atoms. The number of hydrogen-bond acceptors (Lipinski definition) is 7. The SMILES string of the molecule is COC(=O)c1ccc(/C=N/NC(=O)/C(=C\c2ccc(OC)c(OC)c2)NC(=O)c2ccccc2)cc1. The Balaban J connectivity index is 1.82. The molecule has 0 aliphatic carbocycles. The van der Waals surface area contributed by atoms with Gasteiger partial charge in [-0.15, -0.1) is 0 Å². The molecule has 9 heteroatoms. The average molecular weight is 488 g/mol. The zero-order valence-corrected chi connectivity index (χ0v) is 20.0. The summed E-state index contributed by atoms with van der Waals surface area (Å²) in [7, 11) is 4.33. The number of carbonyl (C=O) groups excluding carboxylic acids is 3. The first kappa shape index (κ1) is 25.7. The van der Waals surface area contributed by atoms with E-state index in [-0.39, 0.29) is 5.70 Å². The summed E-state index contributed by atoms with van der Waals surface area (Å²) in [6, 6.07) is 20.1. The number of methoxy groups -OCH3 is 3. The van der Waals surface area contributed by atoms with Crippen molar-refractivity contribution in [2.75, 3.05) is 21.3 Å². The third-order valence-corrected chi connectivity index (χ3v) is 4.96. The average Bonchev–Trinajstić information content (AvgIpc) is 2.92. The summed E-state index contributed by atoms with van der Waals surface area (Å²) in [4.78, 5) is 37.2. The summed E-state index contributed by atoms with van der Waals surface area (Å²) in [5.74, 6) is -0.562. The number of benzene rings is 3. The number of nitrogens with zero attached hydrogens (tertiary/aromatic N) is 1. The summed E-state index contributed by atoms with van der Waals surface area (Å²) in [5, 5.41) is 6.60. The van der Waals surface area contributed by atoms with E-state index in [2.05, 4.69) is 20.6 Å². The Morgan fingerprint density at radius 3 is 2.08 bits per heavy atom. The molecule has 0 bridgehead atoms. The number of esters is 1. The van der Waals surface area contributed by atoms with E-state index in [1.54, 1.807) is 72.8 Å². The van der Waals surface area contributed by atoms with E-state index in [4.69, 9.17) is 9.47 Å². The number of hydrogen-bond donors (Lipinski definition) is 2. The molecule has 9 nitrogen and oxygen atoms in total. The van der Waals surface area contributed by atoms with Gasteiger partial charge < -0.3 is 19.5 Å².